The molecule has 0 aromatic rings. The van der Waals surface area contributed by atoms with E-state index in [0.717, 1.165) is 57.8 Å². The van der Waals surface area contributed by atoms with E-state index in [1.165, 1.54) is 193 Å². The molecule has 0 heterocycles. The van der Waals surface area contributed by atoms with Crippen molar-refractivity contribution in [3.05, 3.63) is 36.5 Å². The molecule has 0 rings (SSSR count). The number of carbonyl (C=O) groups excluding carboxylic acids is 2. The lowest BCUT2D eigenvalue weighted by Gasteiger charge is -2.19. The highest BCUT2D eigenvalue weighted by molar-refractivity contribution is 7.47. The van der Waals surface area contributed by atoms with Crippen LogP contribution in [0.5, 0.6) is 0 Å². The van der Waals surface area contributed by atoms with Gasteiger partial charge in [-0.25, -0.2) is 4.57 Å². The Bertz CT molecular complexity index is 1190. The molecule has 0 saturated heterocycles. The zero-order chi connectivity index (χ0) is 48.8. The van der Waals surface area contributed by atoms with Gasteiger partial charge >= 0.3 is 19.8 Å². The van der Waals surface area contributed by atoms with E-state index in [2.05, 4.69) is 50.3 Å². The van der Waals surface area contributed by atoms with Crippen LogP contribution in [0.3, 0.4) is 0 Å². The van der Waals surface area contributed by atoms with Gasteiger partial charge in [-0.3, -0.25) is 18.6 Å². The zero-order valence-electron chi connectivity index (χ0n) is 43.9. The number of ether oxygens (including phenoxy) is 2. The highest BCUT2D eigenvalue weighted by Crippen LogP contribution is 2.43. The van der Waals surface area contributed by atoms with E-state index in [9.17, 15) is 19.0 Å². The van der Waals surface area contributed by atoms with Gasteiger partial charge in [-0.1, -0.05) is 256 Å². The molecule has 0 bridgehead atoms. The van der Waals surface area contributed by atoms with Crippen LogP contribution in [0.2, 0.25) is 0 Å². The average Bonchev–Trinajstić information content (AvgIpc) is 3.32. The minimum Gasteiger partial charge on any atom is -0.462 e. The van der Waals surface area contributed by atoms with Crippen LogP contribution >= 0.6 is 7.82 Å². The molecule has 67 heavy (non-hydrogen) atoms. The van der Waals surface area contributed by atoms with Crippen molar-refractivity contribution < 1.29 is 37.6 Å². The molecule has 0 aliphatic heterocycles. The van der Waals surface area contributed by atoms with E-state index >= 15 is 0 Å². The Labute approximate surface area is 414 Å². The van der Waals surface area contributed by atoms with Crippen LogP contribution in [0.25, 0.3) is 0 Å². The Morgan fingerprint density at radius 3 is 1.15 bits per heavy atom. The summed E-state index contributed by atoms with van der Waals surface area (Å²) >= 11 is 0. The van der Waals surface area contributed by atoms with Crippen LogP contribution < -0.4 is 5.73 Å². The number of hydrogen-bond donors (Lipinski definition) is 2. The second-order valence-corrected chi connectivity index (χ2v) is 20.6. The lowest BCUT2D eigenvalue weighted by molar-refractivity contribution is -0.161. The summed E-state index contributed by atoms with van der Waals surface area (Å²) in [6.45, 7) is 3.77. The number of esters is 2. The van der Waals surface area contributed by atoms with Crippen LogP contribution in [-0.4, -0.2) is 49.3 Å². The van der Waals surface area contributed by atoms with Gasteiger partial charge in [0.2, 0.25) is 0 Å². The quantitative estimate of drug-likeness (QED) is 0.0264. The van der Waals surface area contributed by atoms with Crippen LogP contribution in [0.15, 0.2) is 36.5 Å². The second kappa shape index (κ2) is 53.6. The molecule has 394 valence electrons. The number of hydrogen-bond acceptors (Lipinski definition) is 8. The summed E-state index contributed by atoms with van der Waals surface area (Å²) in [6, 6.07) is 0. The van der Waals surface area contributed by atoms with Gasteiger partial charge in [0.05, 0.1) is 13.2 Å². The van der Waals surface area contributed by atoms with Gasteiger partial charge in [0.15, 0.2) is 6.10 Å². The van der Waals surface area contributed by atoms with Crippen LogP contribution in [0.4, 0.5) is 0 Å². The van der Waals surface area contributed by atoms with Crippen molar-refractivity contribution in [2.75, 3.05) is 26.4 Å². The fourth-order valence-corrected chi connectivity index (χ4v) is 9.06. The van der Waals surface area contributed by atoms with Crippen molar-refractivity contribution in [2.45, 2.75) is 290 Å². The topological polar surface area (TPSA) is 134 Å². The molecule has 0 amide bonds. The van der Waals surface area contributed by atoms with Crippen molar-refractivity contribution in [2.24, 2.45) is 5.73 Å². The van der Waals surface area contributed by atoms with Gasteiger partial charge in [-0.15, -0.1) is 0 Å². The van der Waals surface area contributed by atoms with Gasteiger partial charge in [-0.2, -0.15) is 0 Å². The summed E-state index contributed by atoms with van der Waals surface area (Å²) in [6.07, 6.45) is 63.3. The number of allylic oxidation sites excluding steroid dienone is 6. The molecule has 3 N–H and O–H groups in total. The van der Waals surface area contributed by atoms with Crippen molar-refractivity contribution >= 4 is 19.8 Å². The normalized spacial score (nSPS) is 13.3. The first kappa shape index (κ1) is 65.2. The predicted molar refractivity (Wildman–Crippen MR) is 284 cm³/mol. The Balaban J connectivity index is 3.98. The van der Waals surface area contributed by atoms with Gasteiger partial charge in [0.1, 0.15) is 6.61 Å². The molecule has 9 nitrogen and oxygen atoms in total. The average molecular weight is 966 g/mol. The van der Waals surface area contributed by atoms with Crippen molar-refractivity contribution in [3.8, 4) is 0 Å². The third kappa shape index (κ3) is 53.4. The number of rotatable bonds is 54. The Morgan fingerprint density at radius 2 is 0.776 bits per heavy atom. The van der Waals surface area contributed by atoms with E-state index in [1.807, 2.05) is 0 Å². The molecule has 0 radical (unpaired) electrons. The Kier molecular flexibility index (Phi) is 52.2. The fourth-order valence-electron chi connectivity index (χ4n) is 8.29. The van der Waals surface area contributed by atoms with Gasteiger partial charge < -0.3 is 20.1 Å². The third-order valence-corrected chi connectivity index (χ3v) is 13.5. The molecule has 0 fully saturated rings. The molecular weight excluding hydrogens is 858 g/mol. The lowest BCUT2D eigenvalue weighted by Crippen LogP contribution is -2.29. The summed E-state index contributed by atoms with van der Waals surface area (Å²) in [5, 5.41) is 0. The van der Waals surface area contributed by atoms with Crippen molar-refractivity contribution in [1.29, 1.82) is 0 Å². The molecule has 10 heteroatoms. The van der Waals surface area contributed by atoms with E-state index < -0.39 is 26.5 Å². The summed E-state index contributed by atoms with van der Waals surface area (Å²) in [4.78, 5) is 35.2. The van der Waals surface area contributed by atoms with E-state index in [-0.39, 0.29) is 38.6 Å². The maximum absolute atomic E-state index is 12.7. The molecule has 0 aliphatic rings. The SMILES string of the molecule is CCCCCCC/C=C\C/C=C\C/C=C\CCCCCCCCCCCCC(=O)OC(COC(=O)CCCCCCCCCCCCCCCCCCCCCCC)COP(=O)(O)OCCN. The third-order valence-electron chi connectivity index (χ3n) is 12.5. The molecule has 0 aromatic carbocycles. The maximum atomic E-state index is 12.7. The Morgan fingerprint density at radius 1 is 0.448 bits per heavy atom. The highest BCUT2D eigenvalue weighted by Gasteiger charge is 2.26. The molecular formula is C57H108NO8P. The smallest absolute Gasteiger partial charge is 0.462 e. The number of unbranched alkanes of at least 4 members (excludes halogenated alkanes) is 35. The number of nitrogens with two attached hydrogens (primary N) is 1. The van der Waals surface area contributed by atoms with Crippen molar-refractivity contribution in [3.63, 3.8) is 0 Å². The first-order valence-electron chi connectivity index (χ1n) is 28.5. The minimum atomic E-state index is -4.39. The van der Waals surface area contributed by atoms with Crippen LogP contribution in [-0.2, 0) is 32.7 Å². The molecule has 0 aliphatic carbocycles. The van der Waals surface area contributed by atoms with Gasteiger partial charge in [0, 0.05) is 19.4 Å². The highest BCUT2D eigenvalue weighted by atomic mass is 31.2. The number of phosphoric acid groups is 1. The molecule has 0 spiro atoms. The first-order chi connectivity index (χ1) is 32.8. The van der Waals surface area contributed by atoms with Gasteiger partial charge in [-0.05, 0) is 51.4 Å². The van der Waals surface area contributed by atoms with Crippen molar-refractivity contribution in [1.82, 2.24) is 0 Å². The predicted octanol–water partition coefficient (Wildman–Crippen LogP) is 17.6. The summed E-state index contributed by atoms with van der Waals surface area (Å²) < 4.78 is 33.0. The summed E-state index contributed by atoms with van der Waals surface area (Å²) in [5.74, 6) is -0.818. The largest absolute Gasteiger partial charge is 0.472 e. The lowest BCUT2D eigenvalue weighted by atomic mass is 10.0. The number of phosphoric ester groups is 1. The zero-order valence-corrected chi connectivity index (χ0v) is 44.8. The standard InChI is InChI=1S/C57H108NO8P/c1-3-5-7-9-11-13-15-17-19-21-23-25-26-27-28-30-32-34-36-38-40-42-44-46-48-50-57(60)66-55(54-65-67(61,62)64-52-51-58)53-63-56(59)49-47-45-43-41-39-37-35-33-31-29-24-22-20-18-16-14-12-10-8-6-4-2/h15,17,21,23,26-27,55H,3-14,16,18-20,22,24-25,28-54,58H2,1-2H3,(H,61,62)/b17-15-,23-21-,27-26-. The molecule has 2 unspecified atom stereocenters. The monoisotopic (exact) mass is 966 g/mol. The minimum absolute atomic E-state index is 0.0539. The summed E-state index contributed by atoms with van der Waals surface area (Å²) in [5.41, 5.74) is 5.38. The first-order valence-corrected chi connectivity index (χ1v) is 30.0. The van der Waals surface area contributed by atoms with Crippen LogP contribution in [0, 0.1) is 0 Å². The van der Waals surface area contributed by atoms with E-state index in [4.69, 9.17) is 24.3 Å². The molecule has 0 saturated carbocycles. The molecule has 2 atom stereocenters. The Hall–Kier alpha value is -1.77. The summed E-state index contributed by atoms with van der Waals surface area (Å²) in [7, 11) is -4.39. The second-order valence-electron chi connectivity index (χ2n) is 19.2. The van der Waals surface area contributed by atoms with Crippen LogP contribution in [0.1, 0.15) is 284 Å². The maximum Gasteiger partial charge on any atom is 0.472 e. The van der Waals surface area contributed by atoms with E-state index in [0.29, 0.717) is 6.42 Å². The van der Waals surface area contributed by atoms with E-state index in [1.54, 1.807) is 0 Å². The van der Waals surface area contributed by atoms with Gasteiger partial charge in [0.25, 0.3) is 0 Å². The fraction of sp³-hybridized carbons (Fsp3) is 0.860. The number of carbonyl (C=O) groups is 2. The molecule has 0 aromatic heterocycles.